The highest BCUT2D eigenvalue weighted by atomic mass is 16.1. The molecule has 20 heavy (non-hydrogen) atoms. The summed E-state index contributed by atoms with van der Waals surface area (Å²) in [6, 6.07) is 13.0. The maximum atomic E-state index is 11.9. The fourth-order valence-electron chi connectivity index (χ4n) is 2.14. The quantitative estimate of drug-likeness (QED) is 0.638. The molecule has 0 saturated carbocycles. The van der Waals surface area contributed by atoms with Crippen LogP contribution in [0, 0.1) is 0 Å². The van der Waals surface area contributed by atoms with E-state index in [0.717, 1.165) is 29.5 Å². The van der Waals surface area contributed by atoms with Gasteiger partial charge < -0.3 is 11.5 Å². The van der Waals surface area contributed by atoms with Gasteiger partial charge in [0.15, 0.2) is 5.78 Å². The fourth-order valence-corrected chi connectivity index (χ4v) is 2.14. The van der Waals surface area contributed by atoms with Crippen molar-refractivity contribution in [1.29, 1.82) is 0 Å². The Morgan fingerprint density at radius 2 is 1.75 bits per heavy atom. The molecule has 0 aromatic heterocycles. The number of rotatable bonds is 5. The molecule has 0 radical (unpaired) electrons. The second kappa shape index (κ2) is 6.24. The summed E-state index contributed by atoms with van der Waals surface area (Å²) in [6.45, 7) is 2.08. The van der Waals surface area contributed by atoms with Crippen molar-refractivity contribution in [3.8, 4) is 11.1 Å². The van der Waals surface area contributed by atoms with Gasteiger partial charge in [0, 0.05) is 28.9 Å². The second-order valence-corrected chi connectivity index (χ2v) is 4.95. The number of ketones is 1. The topological polar surface area (TPSA) is 69.1 Å². The highest BCUT2D eigenvalue weighted by molar-refractivity contribution is 5.96. The molecule has 104 valence electrons. The van der Waals surface area contributed by atoms with Crippen molar-refractivity contribution in [3.05, 3.63) is 48.0 Å². The van der Waals surface area contributed by atoms with Gasteiger partial charge >= 0.3 is 0 Å². The van der Waals surface area contributed by atoms with Crippen LogP contribution in [0.1, 0.15) is 36.5 Å². The third kappa shape index (κ3) is 3.18. The summed E-state index contributed by atoms with van der Waals surface area (Å²) in [4.78, 5) is 11.9. The standard InChI is InChI=1S/C17H20N2O/c1-2-3-4-17(20)13-7-5-12(6-8-13)15-11-14(18)9-10-16(15)19/h5-11H,2-4,18-19H2,1H3. The summed E-state index contributed by atoms with van der Waals surface area (Å²) >= 11 is 0. The first-order valence-corrected chi connectivity index (χ1v) is 6.90. The Labute approximate surface area is 119 Å². The van der Waals surface area contributed by atoms with Crippen LogP contribution in [0.2, 0.25) is 0 Å². The molecule has 2 aromatic carbocycles. The van der Waals surface area contributed by atoms with Gasteiger partial charge in [0.05, 0.1) is 0 Å². The number of benzene rings is 2. The maximum absolute atomic E-state index is 11.9. The minimum atomic E-state index is 0.193. The molecule has 0 amide bonds. The molecule has 0 bridgehead atoms. The number of nitrogens with two attached hydrogens (primary N) is 2. The van der Waals surface area contributed by atoms with Crippen molar-refractivity contribution >= 4 is 17.2 Å². The Kier molecular flexibility index (Phi) is 4.41. The molecule has 0 atom stereocenters. The average molecular weight is 268 g/mol. The zero-order chi connectivity index (χ0) is 14.5. The summed E-state index contributed by atoms with van der Waals surface area (Å²) in [7, 11) is 0. The number of hydrogen-bond acceptors (Lipinski definition) is 3. The van der Waals surface area contributed by atoms with E-state index in [2.05, 4.69) is 6.92 Å². The number of Topliss-reactive ketones (excluding diaryl/α,β-unsaturated/α-hetero) is 1. The smallest absolute Gasteiger partial charge is 0.162 e. The van der Waals surface area contributed by atoms with E-state index in [1.807, 2.05) is 30.3 Å². The lowest BCUT2D eigenvalue weighted by Crippen LogP contribution is -1.98. The van der Waals surface area contributed by atoms with Crippen LogP contribution in [-0.4, -0.2) is 5.78 Å². The van der Waals surface area contributed by atoms with E-state index in [1.165, 1.54) is 0 Å². The van der Waals surface area contributed by atoms with Crippen LogP contribution >= 0.6 is 0 Å². The average Bonchev–Trinajstić information content (AvgIpc) is 2.47. The van der Waals surface area contributed by atoms with Crippen molar-refractivity contribution in [2.45, 2.75) is 26.2 Å². The molecule has 2 rings (SSSR count). The summed E-state index contributed by atoms with van der Waals surface area (Å²) in [5.74, 6) is 0.193. The molecule has 0 aliphatic rings. The molecule has 3 heteroatoms. The predicted octanol–water partition coefficient (Wildman–Crippen LogP) is 3.89. The van der Waals surface area contributed by atoms with Gasteiger partial charge in [-0.2, -0.15) is 0 Å². The van der Waals surface area contributed by atoms with Crippen LogP contribution < -0.4 is 11.5 Å². The van der Waals surface area contributed by atoms with Gasteiger partial charge in [-0.1, -0.05) is 37.6 Å². The number of carbonyl (C=O) groups is 1. The Bertz CT molecular complexity index is 603. The molecular formula is C17H20N2O. The van der Waals surface area contributed by atoms with Gasteiger partial charge in [-0.15, -0.1) is 0 Å². The van der Waals surface area contributed by atoms with E-state index in [9.17, 15) is 4.79 Å². The maximum Gasteiger partial charge on any atom is 0.162 e. The molecule has 0 fully saturated rings. The van der Waals surface area contributed by atoms with Gasteiger partial charge in [-0.25, -0.2) is 0 Å². The van der Waals surface area contributed by atoms with Crippen LogP contribution in [0.25, 0.3) is 11.1 Å². The fraction of sp³-hybridized carbons (Fsp3) is 0.235. The lowest BCUT2D eigenvalue weighted by molar-refractivity contribution is 0.0980. The summed E-state index contributed by atoms with van der Waals surface area (Å²) in [6.07, 6.45) is 2.57. The number of unbranched alkanes of at least 4 members (excludes halogenated alkanes) is 1. The third-order valence-electron chi connectivity index (χ3n) is 3.35. The molecule has 0 aliphatic heterocycles. The molecule has 0 spiro atoms. The van der Waals surface area contributed by atoms with E-state index >= 15 is 0 Å². The zero-order valence-electron chi connectivity index (χ0n) is 11.7. The molecule has 0 aliphatic carbocycles. The Morgan fingerprint density at radius 3 is 2.40 bits per heavy atom. The minimum absolute atomic E-state index is 0.193. The first kappa shape index (κ1) is 14.1. The molecule has 2 aromatic rings. The normalized spacial score (nSPS) is 10.4. The van der Waals surface area contributed by atoms with Crippen LogP contribution in [0.15, 0.2) is 42.5 Å². The zero-order valence-corrected chi connectivity index (χ0v) is 11.7. The highest BCUT2D eigenvalue weighted by Gasteiger charge is 2.07. The van der Waals surface area contributed by atoms with Crippen molar-refractivity contribution in [2.24, 2.45) is 0 Å². The molecule has 3 nitrogen and oxygen atoms in total. The Balaban J connectivity index is 2.24. The summed E-state index contributed by atoms with van der Waals surface area (Å²) < 4.78 is 0. The minimum Gasteiger partial charge on any atom is -0.399 e. The third-order valence-corrected chi connectivity index (χ3v) is 3.35. The largest absolute Gasteiger partial charge is 0.399 e. The first-order chi connectivity index (χ1) is 9.61. The first-order valence-electron chi connectivity index (χ1n) is 6.90. The van der Waals surface area contributed by atoms with Crippen molar-refractivity contribution in [3.63, 3.8) is 0 Å². The highest BCUT2D eigenvalue weighted by Crippen LogP contribution is 2.28. The second-order valence-electron chi connectivity index (χ2n) is 4.95. The summed E-state index contributed by atoms with van der Waals surface area (Å²) in [5, 5.41) is 0. The Morgan fingerprint density at radius 1 is 1.05 bits per heavy atom. The van der Waals surface area contributed by atoms with Crippen LogP contribution in [0.4, 0.5) is 11.4 Å². The monoisotopic (exact) mass is 268 g/mol. The van der Waals surface area contributed by atoms with E-state index in [-0.39, 0.29) is 5.78 Å². The van der Waals surface area contributed by atoms with E-state index < -0.39 is 0 Å². The molecule has 4 N–H and O–H groups in total. The van der Waals surface area contributed by atoms with Gasteiger partial charge in [-0.05, 0) is 30.2 Å². The SMILES string of the molecule is CCCCC(=O)c1ccc(-c2cc(N)ccc2N)cc1. The lowest BCUT2D eigenvalue weighted by atomic mass is 9.99. The number of nitrogen functional groups attached to an aromatic ring is 2. The van der Waals surface area contributed by atoms with Gasteiger partial charge in [-0.3, -0.25) is 4.79 Å². The Hall–Kier alpha value is -2.29. The van der Waals surface area contributed by atoms with Crippen molar-refractivity contribution < 1.29 is 4.79 Å². The van der Waals surface area contributed by atoms with E-state index in [1.54, 1.807) is 12.1 Å². The van der Waals surface area contributed by atoms with Crippen LogP contribution in [0.5, 0.6) is 0 Å². The van der Waals surface area contributed by atoms with E-state index in [4.69, 9.17) is 11.5 Å². The van der Waals surface area contributed by atoms with Gasteiger partial charge in [0.1, 0.15) is 0 Å². The molecule has 0 unspecified atom stereocenters. The lowest BCUT2D eigenvalue weighted by Gasteiger charge is -2.08. The number of carbonyl (C=O) groups excluding carboxylic acids is 1. The predicted molar refractivity (Wildman–Crippen MR) is 84.6 cm³/mol. The number of anilines is 2. The van der Waals surface area contributed by atoms with Crippen LogP contribution in [-0.2, 0) is 0 Å². The molecular weight excluding hydrogens is 248 g/mol. The number of hydrogen-bond donors (Lipinski definition) is 2. The molecule has 0 heterocycles. The van der Waals surface area contributed by atoms with E-state index in [0.29, 0.717) is 17.8 Å². The van der Waals surface area contributed by atoms with Gasteiger partial charge in [0.2, 0.25) is 0 Å². The molecule has 0 saturated heterocycles. The van der Waals surface area contributed by atoms with Crippen molar-refractivity contribution in [2.75, 3.05) is 11.5 Å². The van der Waals surface area contributed by atoms with Crippen LogP contribution in [0.3, 0.4) is 0 Å². The van der Waals surface area contributed by atoms with Gasteiger partial charge in [0.25, 0.3) is 0 Å². The van der Waals surface area contributed by atoms with Crippen molar-refractivity contribution in [1.82, 2.24) is 0 Å². The summed E-state index contributed by atoms with van der Waals surface area (Å²) in [5.41, 5.74) is 15.7.